The number of benzene rings is 2. The Hall–Kier alpha value is -1.72. The van der Waals surface area contributed by atoms with Crippen LogP contribution in [-0.2, 0) is 20.2 Å². The molecule has 124 valence electrons. The topological polar surface area (TPSA) is 164 Å². The standard InChI is InChI=1S/C12H8N4O6S2.Na/c13-14-11-6-3-9(7-12(11)24(20,21)22)16-15-8-1-4-10(5-2-8)23(17,18)19;/h1-7H,(H-,17,18,19,20,21,22);/q;+1. The molecule has 0 aliphatic heterocycles. The van der Waals surface area contributed by atoms with Crippen LogP contribution in [0.2, 0.25) is 0 Å². The van der Waals surface area contributed by atoms with Crippen LogP contribution in [0.4, 0.5) is 17.1 Å². The summed E-state index contributed by atoms with van der Waals surface area (Å²) in [5, 5.41) is 16.1. The van der Waals surface area contributed by atoms with Gasteiger partial charge in [0.1, 0.15) is 10.1 Å². The zero-order valence-electron chi connectivity index (χ0n) is 12.6. The molecule has 10 nitrogen and oxygen atoms in total. The largest absolute Gasteiger partial charge is 1.00 e. The van der Waals surface area contributed by atoms with Crippen molar-refractivity contribution >= 4 is 37.3 Å². The van der Waals surface area contributed by atoms with Gasteiger partial charge in [0, 0.05) is 6.07 Å². The SMILES string of the molecule is N#[N+]c1ccc(N=Nc2ccc(S(=O)(=O)[O-])cc2)cc1S(=O)(=O)O.[Na+]. The van der Waals surface area contributed by atoms with Crippen LogP contribution in [0.1, 0.15) is 0 Å². The van der Waals surface area contributed by atoms with Gasteiger partial charge in [0.25, 0.3) is 0 Å². The molecule has 0 aliphatic rings. The van der Waals surface area contributed by atoms with Crippen LogP contribution < -0.4 is 29.6 Å². The van der Waals surface area contributed by atoms with Crippen LogP contribution >= 0.6 is 0 Å². The zero-order valence-corrected chi connectivity index (χ0v) is 16.3. The van der Waals surface area contributed by atoms with Gasteiger partial charge in [-0.15, -0.1) is 0 Å². The predicted molar refractivity (Wildman–Crippen MR) is 79.6 cm³/mol. The smallest absolute Gasteiger partial charge is 0.744 e. The van der Waals surface area contributed by atoms with Crippen LogP contribution in [-0.4, -0.2) is 25.9 Å². The minimum atomic E-state index is -4.63. The molecule has 0 atom stereocenters. The number of diazo groups is 1. The molecule has 2 aromatic rings. The first-order valence-electron chi connectivity index (χ1n) is 6.05. The molecule has 2 rings (SSSR count). The van der Waals surface area contributed by atoms with Gasteiger partial charge in [-0.2, -0.15) is 18.6 Å². The predicted octanol–water partition coefficient (Wildman–Crippen LogP) is -0.259. The molecule has 1 N–H and O–H groups in total. The first kappa shape index (κ1) is 21.3. The monoisotopic (exact) mass is 391 g/mol. The van der Waals surface area contributed by atoms with Gasteiger partial charge in [0.05, 0.1) is 16.3 Å². The van der Waals surface area contributed by atoms with Crippen molar-refractivity contribution in [3.8, 4) is 0 Å². The average Bonchev–Trinajstić information content (AvgIpc) is 2.51. The third-order valence-electron chi connectivity index (χ3n) is 2.74. The van der Waals surface area contributed by atoms with Gasteiger partial charge in [0.2, 0.25) is 5.39 Å². The van der Waals surface area contributed by atoms with Crippen LogP contribution in [0.25, 0.3) is 4.98 Å². The van der Waals surface area contributed by atoms with Gasteiger partial charge in [-0.3, -0.25) is 4.55 Å². The molecule has 0 spiro atoms. The quantitative estimate of drug-likeness (QED) is 0.324. The second kappa shape index (κ2) is 8.11. The molecule has 25 heavy (non-hydrogen) atoms. The van der Waals surface area contributed by atoms with E-state index in [4.69, 9.17) is 9.95 Å². The van der Waals surface area contributed by atoms with Crippen LogP contribution in [0, 0.1) is 5.39 Å². The fourth-order valence-corrected chi connectivity index (χ4v) is 2.76. The summed E-state index contributed by atoms with van der Waals surface area (Å²) in [4.78, 5) is 1.65. The first-order chi connectivity index (χ1) is 11.1. The van der Waals surface area contributed by atoms with E-state index in [0.29, 0.717) is 0 Å². The fourth-order valence-electron chi connectivity index (χ4n) is 1.65. The Morgan fingerprint density at radius 1 is 0.960 bits per heavy atom. The number of nitrogens with zero attached hydrogens (tertiary/aromatic N) is 4. The third kappa shape index (κ3) is 5.65. The van der Waals surface area contributed by atoms with Crippen LogP contribution in [0.5, 0.6) is 0 Å². The molecule has 0 bridgehead atoms. The van der Waals surface area contributed by atoms with E-state index in [-0.39, 0.29) is 46.6 Å². The van der Waals surface area contributed by atoms with E-state index < -0.39 is 30.0 Å². The molecule has 0 amide bonds. The van der Waals surface area contributed by atoms with Gasteiger partial charge in [0.15, 0.2) is 9.87 Å². The molecule has 0 heterocycles. The normalized spacial score (nSPS) is 11.7. The number of rotatable bonds is 4. The van der Waals surface area contributed by atoms with Gasteiger partial charge in [-0.1, -0.05) is 0 Å². The summed E-state index contributed by atoms with van der Waals surface area (Å²) < 4.78 is 63.8. The third-order valence-corrected chi connectivity index (χ3v) is 4.47. The molecule has 2 aromatic carbocycles. The number of hydrogen-bond donors (Lipinski definition) is 1. The van der Waals surface area contributed by atoms with Crippen molar-refractivity contribution in [2.45, 2.75) is 9.79 Å². The molecule has 0 aliphatic carbocycles. The maximum Gasteiger partial charge on any atom is 1.00 e. The Labute approximate surface area is 165 Å². The summed E-state index contributed by atoms with van der Waals surface area (Å²) in [5.74, 6) is 0. The molecule has 0 radical (unpaired) electrons. The van der Waals surface area contributed by atoms with E-state index in [2.05, 4.69) is 15.2 Å². The van der Waals surface area contributed by atoms with Crippen molar-refractivity contribution in [2.75, 3.05) is 0 Å². The van der Waals surface area contributed by atoms with Gasteiger partial charge >= 0.3 is 45.4 Å². The Balaban J connectivity index is 0.00000312. The Kier molecular flexibility index (Phi) is 6.91. The molecule has 0 unspecified atom stereocenters. The maximum atomic E-state index is 11.2. The summed E-state index contributed by atoms with van der Waals surface area (Å²) in [6.07, 6.45) is 0. The van der Waals surface area contributed by atoms with E-state index in [9.17, 15) is 21.4 Å². The van der Waals surface area contributed by atoms with E-state index in [1.807, 2.05) is 0 Å². The Morgan fingerprint density at radius 2 is 1.48 bits per heavy atom. The van der Waals surface area contributed by atoms with Gasteiger partial charge in [-0.25, -0.2) is 8.42 Å². The summed E-state index contributed by atoms with van der Waals surface area (Å²) in [5.41, 5.74) is -0.149. The molecular formula is C12H8N4NaO6S2+. The number of azo groups is 1. The molecule has 0 fully saturated rings. The molecule has 0 saturated carbocycles. The summed E-state index contributed by atoms with van der Waals surface area (Å²) in [6, 6.07) is 7.88. The Morgan fingerprint density at radius 3 is 1.96 bits per heavy atom. The van der Waals surface area contributed by atoms with Crippen molar-refractivity contribution in [2.24, 2.45) is 10.2 Å². The minimum Gasteiger partial charge on any atom is -0.744 e. The van der Waals surface area contributed by atoms with Gasteiger partial charge < -0.3 is 4.55 Å². The first-order valence-corrected chi connectivity index (χ1v) is 8.90. The van der Waals surface area contributed by atoms with Crippen molar-refractivity contribution in [1.29, 1.82) is 5.39 Å². The van der Waals surface area contributed by atoms with Crippen LogP contribution in [0.15, 0.2) is 62.5 Å². The van der Waals surface area contributed by atoms with E-state index in [1.165, 1.54) is 18.2 Å². The molecule has 13 heteroatoms. The van der Waals surface area contributed by atoms with Crippen molar-refractivity contribution in [3.05, 3.63) is 47.4 Å². The maximum absolute atomic E-state index is 11.2. The summed E-state index contributed by atoms with van der Waals surface area (Å²) in [7, 11) is -9.20. The van der Waals surface area contributed by atoms with E-state index >= 15 is 0 Å². The van der Waals surface area contributed by atoms with Crippen molar-refractivity contribution < 1.29 is 55.5 Å². The molecular weight excluding hydrogens is 383 g/mol. The van der Waals surface area contributed by atoms with Crippen LogP contribution in [0.3, 0.4) is 0 Å². The summed E-state index contributed by atoms with van der Waals surface area (Å²) >= 11 is 0. The fraction of sp³-hybridized carbons (Fsp3) is 0. The second-order valence-corrected chi connectivity index (χ2v) is 7.14. The second-order valence-electron chi connectivity index (χ2n) is 4.38. The minimum absolute atomic E-state index is 0. The molecule has 0 saturated heterocycles. The van der Waals surface area contributed by atoms with Crippen molar-refractivity contribution in [1.82, 2.24) is 0 Å². The van der Waals surface area contributed by atoms with E-state index in [0.717, 1.165) is 24.3 Å². The number of hydrogen-bond acceptors (Lipinski definition) is 8. The Bertz CT molecular complexity index is 1060. The zero-order chi connectivity index (χ0) is 18.0. The van der Waals surface area contributed by atoms with Crippen molar-refractivity contribution in [3.63, 3.8) is 0 Å². The molecule has 0 aromatic heterocycles. The average molecular weight is 391 g/mol. The summed E-state index contributed by atoms with van der Waals surface area (Å²) in [6.45, 7) is 0. The van der Waals surface area contributed by atoms with Gasteiger partial charge in [-0.05, 0) is 36.4 Å². The van der Waals surface area contributed by atoms with E-state index in [1.54, 1.807) is 0 Å².